The van der Waals surface area contributed by atoms with Gasteiger partial charge in [0.2, 0.25) is 0 Å². The molecule has 2 rings (SSSR count). The quantitative estimate of drug-likeness (QED) is 0.700. The van der Waals surface area contributed by atoms with Crippen LogP contribution in [0.1, 0.15) is 24.8 Å². The van der Waals surface area contributed by atoms with Gasteiger partial charge in [-0.1, -0.05) is 30.3 Å². The monoisotopic (exact) mass is 203 g/mol. The van der Waals surface area contributed by atoms with E-state index in [1.807, 2.05) is 6.07 Å². The molecule has 3 nitrogen and oxygen atoms in total. The summed E-state index contributed by atoms with van der Waals surface area (Å²) in [6.07, 6.45) is 0.764. The predicted molar refractivity (Wildman–Crippen MR) is 52.0 cm³/mol. The molecule has 1 aromatic carbocycles. The summed E-state index contributed by atoms with van der Waals surface area (Å²) >= 11 is 0. The Labute approximate surface area is 87.7 Å². The number of ketones is 1. The second kappa shape index (κ2) is 3.50. The van der Waals surface area contributed by atoms with Crippen molar-refractivity contribution in [2.45, 2.75) is 24.7 Å². The fraction of sp³-hybridized carbons (Fsp3) is 0.333. The van der Waals surface area contributed by atoms with Crippen LogP contribution in [-0.2, 0) is 15.0 Å². The summed E-state index contributed by atoms with van der Waals surface area (Å²) in [5.74, 6) is -1.14. The first-order chi connectivity index (χ1) is 7.15. The van der Waals surface area contributed by atoms with Crippen molar-refractivity contribution in [2.75, 3.05) is 0 Å². The minimum Gasteiger partial charge on any atom is -0.549 e. The lowest BCUT2D eigenvalue weighted by Gasteiger charge is -2.29. The Kier molecular flexibility index (Phi) is 2.31. The van der Waals surface area contributed by atoms with Crippen molar-refractivity contribution in [1.82, 2.24) is 0 Å². The van der Waals surface area contributed by atoms with Crippen molar-refractivity contribution in [1.29, 1.82) is 0 Å². The summed E-state index contributed by atoms with van der Waals surface area (Å²) in [7, 11) is 0. The average Bonchev–Trinajstić information content (AvgIpc) is 2.63. The zero-order valence-electron chi connectivity index (χ0n) is 8.23. The minimum absolute atomic E-state index is 0.00283. The van der Waals surface area contributed by atoms with E-state index in [0.29, 0.717) is 18.4 Å². The molecule has 78 valence electrons. The van der Waals surface area contributed by atoms with Crippen LogP contribution in [0.3, 0.4) is 0 Å². The topological polar surface area (TPSA) is 57.2 Å². The first-order valence-corrected chi connectivity index (χ1v) is 4.94. The normalized spacial score (nSPS) is 25.5. The Balaban J connectivity index is 2.45. The van der Waals surface area contributed by atoms with Gasteiger partial charge in [0, 0.05) is 18.3 Å². The van der Waals surface area contributed by atoms with Gasteiger partial charge in [-0.25, -0.2) is 0 Å². The molecule has 1 fully saturated rings. The van der Waals surface area contributed by atoms with Crippen molar-refractivity contribution < 1.29 is 14.7 Å². The van der Waals surface area contributed by atoms with Crippen LogP contribution in [0.25, 0.3) is 0 Å². The number of aliphatic carboxylic acids is 1. The Bertz CT molecular complexity index is 397. The second-order valence-corrected chi connectivity index (χ2v) is 3.95. The van der Waals surface area contributed by atoms with Gasteiger partial charge in [0.25, 0.3) is 0 Å². The molecule has 0 aromatic heterocycles. The predicted octanol–water partition coefficient (Wildman–Crippen LogP) is 0.427. The molecule has 1 aliphatic rings. The van der Waals surface area contributed by atoms with E-state index in [0.717, 1.165) is 0 Å². The third kappa shape index (κ3) is 1.54. The number of hydrogen-bond acceptors (Lipinski definition) is 3. The molecule has 1 saturated carbocycles. The van der Waals surface area contributed by atoms with E-state index in [2.05, 4.69) is 0 Å². The molecule has 0 aliphatic heterocycles. The summed E-state index contributed by atoms with van der Waals surface area (Å²) in [6.45, 7) is 0. The Morgan fingerprint density at radius 1 is 1.27 bits per heavy atom. The number of benzene rings is 1. The first-order valence-electron chi connectivity index (χ1n) is 4.94. The summed E-state index contributed by atoms with van der Waals surface area (Å²) in [5.41, 5.74) is -0.408. The van der Waals surface area contributed by atoms with Crippen molar-refractivity contribution in [3.63, 3.8) is 0 Å². The van der Waals surface area contributed by atoms with Crippen LogP contribution < -0.4 is 5.11 Å². The number of rotatable bonds is 2. The summed E-state index contributed by atoms with van der Waals surface area (Å²) < 4.78 is 0. The molecule has 0 spiro atoms. The number of carboxylic acid groups (broad SMARTS) is 1. The Hall–Kier alpha value is -1.64. The molecule has 0 amide bonds. The molecular formula is C12H11O3-. The van der Waals surface area contributed by atoms with E-state index in [9.17, 15) is 14.7 Å². The largest absolute Gasteiger partial charge is 0.549 e. The maximum absolute atomic E-state index is 11.2. The molecule has 1 atom stereocenters. The molecule has 0 bridgehead atoms. The molecule has 1 unspecified atom stereocenters. The van der Waals surface area contributed by atoms with Gasteiger partial charge >= 0.3 is 0 Å². The van der Waals surface area contributed by atoms with Crippen molar-refractivity contribution in [3.8, 4) is 0 Å². The molecule has 0 radical (unpaired) electrons. The third-order valence-corrected chi connectivity index (χ3v) is 3.05. The van der Waals surface area contributed by atoms with E-state index in [-0.39, 0.29) is 12.2 Å². The Morgan fingerprint density at radius 3 is 2.40 bits per heavy atom. The number of carbonyl (C=O) groups excluding carboxylic acids is 2. The molecule has 1 aromatic rings. The molecule has 15 heavy (non-hydrogen) atoms. The van der Waals surface area contributed by atoms with Crippen LogP contribution in [0, 0.1) is 0 Å². The van der Waals surface area contributed by atoms with Gasteiger partial charge in [-0.05, 0) is 12.0 Å². The van der Waals surface area contributed by atoms with Gasteiger partial charge < -0.3 is 9.90 Å². The highest BCUT2D eigenvalue weighted by Gasteiger charge is 2.41. The zero-order chi connectivity index (χ0) is 10.9. The Morgan fingerprint density at radius 2 is 1.93 bits per heavy atom. The molecule has 1 aliphatic carbocycles. The lowest BCUT2D eigenvalue weighted by Crippen LogP contribution is -2.44. The van der Waals surface area contributed by atoms with Crippen molar-refractivity contribution >= 4 is 11.8 Å². The SMILES string of the molecule is O=C1CCC(C(=O)[O-])(c2ccccc2)C1. The molecule has 0 heterocycles. The van der Waals surface area contributed by atoms with Crippen LogP contribution in [0.5, 0.6) is 0 Å². The van der Waals surface area contributed by atoms with Gasteiger partial charge in [-0.3, -0.25) is 4.79 Å². The van der Waals surface area contributed by atoms with Crippen LogP contribution in [0.15, 0.2) is 30.3 Å². The van der Waals surface area contributed by atoms with E-state index < -0.39 is 11.4 Å². The lowest BCUT2D eigenvalue weighted by molar-refractivity contribution is -0.313. The highest BCUT2D eigenvalue weighted by atomic mass is 16.4. The van der Waals surface area contributed by atoms with E-state index in [4.69, 9.17) is 0 Å². The molecule has 3 heteroatoms. The van der Waals surface area contributed by atoms with Gasteiger partial charge in [-0.2, -0.15) is 0 Å². The maximum Gasteiger partial charge on any atom is 0.134 e. The summed E-state index contributed by atoms with van der Waals surface area (Å²) in [6, 6.07) is 8.87. The van der Waals surface area contributed by atoms with Crippen LogP contribution in [0.4, 0.5) is 0 Å². The standard InChI is InChI=1S/C12H12O3/c13-10-6-7-12(8-10,11(14)15)9-4-2-1-3-5-9/h1-5H,6-8H2,(H,14,15)/p-1. The molecular weight excluding hydrogens is 192 g/mol. The summed E-state index contributed by atoms with van der Waals surface area (Å²) in [5, 5.41) is 11.2. The second-order valence-electron chi connectivity index (χ2n) is 3.95. The van der Waals surface area contributed by atoms with Crippen LogP contribution >= 0.6 is 0 Å². The fourth-order valence-corrected chi connectivity index (χ4v) is 2.16. The van der Waals surface area contributed by atoms with E-state index in [1.54, 1.807) is 24.3 Å². The highest BCUT2D eigenvalue weighted by Crippen LogP contribution is 2.38. The zero-order valence-corrected chi connectivity index (χ0v) is 8.23. The van der Waals surface area contributed by atoms with E-state index in [1.165, 1.54) is 0 Å². The van der Waals surface area contributed by atoms with Crippen LogP contribution in [-0.4, -0.2) is 11.8 Å². The van der Waals surface area contributed by atoms with Crippen molar-refractivity contribution in [2.24, 2.45) is 0 Å². The lowest BCUT2D eigenvalue weighted by atomic mass is 9.79. The molecule has 0 N–H and O–H groups in total. The number of carbonyl (C=O) groups is 2. The van der Waals surface area contributed by atoms with Gasteiger partial charge in [0.05, 0.1) is 5.97 Å². The summed E-state index contributed by atoms with van der Waals surface area (Å²) in [4.78, 5) is 22.5. The average molecular weight is 203 g/mol. The number of carboxylic acids is 1. The molecule has 0 saturated heterocycles. The highest BCUT2D eigenvalue weighted by molar-refractivity contribution is 5.93. The number of hydrogen-bond donors (Lipinski definition) is 0. The number of Topliss-reactive ketones (excluding diaryl/α,β-unsaturated/α-hetero) is 1. The first kappa shape index (κ1) is 9.90. The fourth-order valence-electron chi connectivity index (χ4n) is 2.16. The smallest absolute Gasteiger partial charge is 0.134 e. The minimum atomic E-state index is -1.14. The van der Waals surface area contributed by atoms with Crippen LogP contribution in [0.2, 0.25) is 0 Å². The van der Waals surface area contributed by atoms with Gasteiger partial charge in [0.15, 0.2) is 0 Å². The van der Waals surface area contributed by atoms with E-state index >= 15 is 0 Å². The maximum atomic E-state index is 11.2. The third-order valence-electron chi connectivity index (χ3n) is 3.05. The van der Waals surface area contributed by atoms with Gasteiger partial charge in [-0.15, -0.1) is 0 Å². The van der Waals surface area contributed by atoms with Gasteiger partial charge in [0.1, 0.15) is 5.78 Å². The van der Waals surface area contributed by atoms with Crippen molar-refractivity contribution in [3.05, 3.63) is 35.9 Å².